The van der Waals surface area contributed by atoms with E-state index in [4.69, 9.17) is 0 Å². The molecule has 4 aromatic rings. The summed E-state index contributed by atoms with van der Waals surface area (Å²) in [5, 5.41) is 3.30. The minimum absolute atomic E-state index is 0.0828. The second-order valence-electron chi connectivity index (χ2n) is 6.61. The van der Waals surface area contributed by atoms with E-state index in [-0.39, 0.29) is 17.5 Å². The number of aryl methyl sites for hydroxylation is 1. The molecule has 0 aliphatic heterocycles. The molecule has 0 spiro atoms. The van der Waals surface area contributed by atoms with Gasteiger partial charge in [-0.1, -0.05) is 54.2 Å². The zero-order valence-electron chi connectivity index (χ0n) is 15.9. The first-order chi connectivity index (χ1) is 14.6. The molecule has 1 amide bonds. The summed E-state index contributed by atoms with van der Waals surface area (Å²) in [6.45, 7) is 0.325. The summed E-state index contributed by atoms with van der Waals surface area (Å²) < 4.78 is 1.36. The van der Waals surface area contributed by atoms with Gasteiger partial charge in [-0.15, -0.1) is 0 Å². The van der Waals surface area contributed by atoms with Gasteiger partial charge in [0.15, 0.2) is 5.16 Å². The van der Waals surface area contributed by atoms with Crippen LogP contribution in [0.1, 0.15) is 5.56 Å². The number of rotatable bonds is 7. The molecule has 0 saturated heterocycles. The number of nitrogens with zero attached hydrogens (tertiary/aromatic N) is 2. The number of benzene rings is 2. The monoisotopic (exact) mass is 421 g/mol. The van der Waals surface area contributed by atoms with Gasteiger partial charge < -0.3 is 10.3 Å². The van der Waals surface area contributed by atoms with Crippen LogP contribution in [0.25, 0.3) is 11.0 Å². The molecule has 0 aliphatic rings. The van der Waals surface area contributed by atoms with Gasteiger partial charge in [0.1, 0.15) is 5.82 Å². The first kappa shape index (κ1) is 19.7. The van der Waals surface area contributed by atoms with Gasteiger partial charge in [-0.3, -0.25) is 19.1 Å². The number of amides is 1. The topological polar surface area (TPSA) is 113 Å². The van der Waals surface area contributed by atoms with Crippen molar-refractivity contribution >= 4 is 34.5 Å². The number of hydrogen-bond donors (Lipinski definition) is 3. The van der Waals surface area contributed by atoms with Gasteiger partial charge in [0, 0.05) is 12.6 Å². The number of anilines is 1. The minimum atomic E-state index is -0.559. The van der Waals surface area contributed by atoms with Crippen LogP contribution in [0.2, 0.25) is 0 Å². The van der Waals surface area contributed by atoms with Crippen molar-refractivity contribution in [1.29, 1.82) is 0 Å². The molecule has 0 radical (unpaired) electrons. The fraction of sp³-hybridized carbons (Fsp3) is 0.143. The van der Waals surface area contributed by atoms with Crippen LogP contribution in [-0.2, 0) is 17.8 Å². The Hall–Kier alpha value is -3.59. The molecule has 2 aromatic heterocycles. The first-order valence-corrected chi connectivity index (χ1v) is 10.3. The molecule has 152 valence electrons. The number of fused-ring (bicyclic) bond motifs is 1. The van der Waals surface area contributed by atoms with E-state index in [9.17, 15) is 14.4 Å². The standard InChI is InChI=1S/C21H19N5O3S/c27-18-12-17(26(21(29)25-18)11-10-14-6-2-1-3-7-14)24-19(28)13-30-20-22-15-8-4-5-9-16(15)23-20/h1-9,12H,10-11,13H2,(H,22,23)(H,24,28)(H,25,27,29). The van der Waals surface area contributed by atoms with E-state index >= 15 is 0 Å². The fourth-order valence-corrected chi connectivity index (χ4v) is 3.73. The van der Waals surface area contributed by atoms with Crippen molar-refractivity contribution < 1.29 is 4.79 Å². The molecule has 30 heavy (non-hydrogen) atoms. The number of thioether (sulfide) groups is 1. The maximum absolute atomic E-state index is 12.4. The predicted octanol–water partition coefficient (Wildman–Crippen LogP) is 2.39. The highest BCUT2D eigenvalue weighted by Gasteiger charge is 2.12. The van der Waals surface area contributed by atoms with E-state index < -0.39 is 11.2 Å². The van der Waals surface area contributed by atoms with E-state index in [1.54, 1.807) is 0 Å². The number of aromatic amines is 2. The molecule has 0 fully saturated rings. The second-order valence-corrected chi connectivity index (χ2v) is 7.57. The van der Waals surface area contributed by atoms with Gasteiger partial charge in [0.2, 0.25) is 5.91 Å². The van der Waals surface area contributed by atoms with E-state index in [2.05, 4.69) is 20.3 Å². The number of para-hydroxylation sites is 2. The van der Waals surface area contributed by atoms with Crippen LogP contribution < -0.4 is 16.6 Å². The van der Waals surface area contributed by atoms with Crippen LogP contribution in [0.15, 0.2) is 75.4 Å². The quantitative estimate of drug-likeness (QED) is 0.397. The Labute approximate surface area is 175 Å². The van der Waals surface area contributed by atoms with Crippen molar-refractivity contribution in [3.8, 4) is 0 Å². The van der Waals surface area contributed by atoms with Crippen molar-refractivity contribution in [3.05, 3.63) is 87.1 Å². The van der Waals surface area contributed by atoms with Crippen molar-refractivity contribution in [3.63, 3.8) is 0 Å². The second kappa shape index (κ2) is 8.83. The van der Waals surface area contributed by atoms with Crippen LogP contribution in [0.4, 0.5) is 5.82 Å². The summed E-state index contributed by atoms with van der Waals surface area (Å²) in [4.78, 5) is 46.3. The van der Waals surface area contributed by atoms with Gasteiger partial charge in [0.25, 0.3) is 5.56 Å². The summed E-state index contributed by atoms with van der Waals surface area (Å²) >= 11 is 1.25. The Morgan fingerprint density at radius 1 is 1.03 bits per heavy atom. The maximum Gasteiger partial charge on any atom is 0.329 e. The first-order valence-electron chi connectivity index (χ1n) is 9.34. The van der Waals surface area contributed by atoms with Crippen molar-refractivity contribution in [2.45, 2.75) is 18.1 Å². The number of carbonyl (C=O) groups is 1. The number of nitrogens with one attached hydrogen (secondary N) is 3. The molecule has 9 heteroatoms. The molecule has 8 nitrogen and oxygen atoms in total. The number of imidazole rings is 1. The Balaban J connectivity index is 1.45. The third-order valence-electron chi connectivity index (χ3n) is 4.48. The lowest BCUT2D eigenvalue weighted by atomic mass is 10.1. The van der Waals surface area contributed by atoms with Gasteiger partial charge in [-0.25, -0.2) is 9.78 Å². The molecule has 4 rings (SSSR count). The third kappa shape index (κ3) is 4.69. The highest BCUT2D eigenvalue weighted by atomic mass is 32.2. The Bertz CT molecular complexity index is 1260. The van der Waals surface area contributed by atoms with E-state index in [1.165, 1.54) is 22.4 Å². The lowest BCUT2D eigenvalue weighted by Gasteiger charge is -2.13. The van der Waals surface area contributed by atoms with Crippen LogP contribution in [0.5, 0.6) is 0 Å². The van der Waals surface area contributed by atoms with Crippen LogP contribution >= 0.6 is 11.8 Å². The molecule has 0 bridgehead atoms. The molecule has 0 atom stereocenters. The Morgan fingerprint density at radius 2 is 1.80 bits per heavy atom. The highest BCUT2D eigenvalue weighted by molar-refractivity contribution is 7.99. The molecule has 0 aliphatic carbocycles. The number of carbonyl (C=O) groups excluding carboxylic acids is 1. The minimum Gasteiger partial charge on any atom is -0.333 e. The average molecular weight is 421 g/mol. The summed E-state index contributed by atoms with van der Waals surface area (Å²) in [5.74, 6) is -0.0757. The number of H-pyrrole nitrogens is 2. The summed E-state index contributed by atoms with van der Waals surface area (Å²) in [6, 6.07) is 18.5. The lowest BCUT2D eigenvalue weighted by Crippen LogP contribution is -2.33. The summed E-state index contributed by atoms with van der Waals surface area (Å²) in [5.41, 5.74) is 1.65. The molecule has 2 aromatic carbocycles. The van der Waals surface area contributed by atoms with Crippen molar-refractivity contribution in [2.75, 3.05) is 11.1 Å². The smallest absolute Gasteiger partial charge is 0.329 e. The van der Waals surface area contributed by atoms with Crippen LogP contribution in [0.3, 0.4) is 0 Å². The number of aromatic nitrogens is 4. The average Bonchev–Trinajstić information content (AvgIpc) is 3.15. The molecule has 3 N–H and O–H groups in total. The van der Waals surface area contributed by atoms with Gasteiger partial charge in [-0.2, -0.15) is 0 Å². The van der Waals surface area contributed by atoms with Gasteiger partial charge in [0.05, 0.1) is 16.8 Å². The number of hydrogen-bond acceptors (Lipinski definition) is 5. The zero-order chi connectivity index (χ0) is 20.9. The molecular weight excluding hydrogens is 402 g/mol. The summed E-state index contributed by atoms with van der Waals surface area (Å²) in [7, 11) is 0. The largest absolute Gasteiger partial charge is 0.333 e. The van der Waals surface area contributed by atoms with Crippen molar-refractivity contribution in [1.82, 2.24) is 19.5 Å². The third-order valence-corrected chi connectivity index (χ3v) is 5.35. The SMILES string of the molecule is O=C(CSc1nc2ccccc2[nH]1)Nc1cc(=O)[nH]c(=O)n1CCc1ccccc1. The summed E-state index contributed by atoms with van der Waals surface area (Å²) in [6.07, 6.45) is 0.587. The van der Waals surface area contributed by atoms with Gasteiger partial charge in [-0.05, 0) is 24.1 Å². The predicted molar refractivity (Wildman–Crippen MR) is 117 cm³/mol. The van der Waals surface area contributed by atoms with E-state index in [0.29, 0.717) is 18.1 Å². The van der Waals surface area contributed by atoms with Crippen LogP contribution in [0, 0.1) is 0 Å². The molecule has 2 heterocycles. The Kier molecular flexibility index (Phi) is 5.80. The molecule has 0 unspecified atom stereocenters. The lowest BCUT2D eigenvalue weighted by molar-refractivity contribution is -0.113. The van der Waals surface area contributed by atoms with Crippen LogP contribution in [-0.4, -0.2) is 31.2 Å². The van der Waals surface area contributed by atoms with Crippen molar-refractivity contribution in [2.24, 2.45) is 0 Å². The van der Waals surface area contributed by atoms with E-state index in [0.717, 1.165) is 16.6 Å². The normalized spacial score (nSPS) is 10.9. The molecular formula is C21H19N5O3S. The zero-order valence-corrected chi connectivity index (χ0v) is 16.7. The Morgan fingerprint density at radius 3 is 2.60 bits per heavy atom. The van der Waals surface area contributed by atoms with E-state index in [1.807, 2.05) is 54.6 Å². The van der Waals surface area contributed by atoms with Gasteiger partial charge >= 0.3 is 5.69 Å². The molecule has 0 saturated carbocycles. The highest BCUT2D eigenvalue weighted by Crippen LogP contribution is 2.19. The fourth-order valence-electron chi connectivity index (χ4n) is 3.04. The maximum atomic E-state index is 12.4.